The smallest absolute Gasteiger partial charge is 0.349 e. The fourth-order valence-corrected chi connectivity index (χ4v) is 4.30. The van der Waals surface area contributed by atoms with Crippen molar-refractivity contribution in [2.24, 2.45) is 0 Å². The van der Waals surface area contributed by atoms with Crippen molar-refractivity contribution in [1.29, 1.82) is 0 Å². The molecule has 7 nitrogen and oxygen atoms in total. The summed E-state index contributed by atoms with van der Waals surface area (Å²) >= 11 is 0. The molecule has 0 unspecified atom stereocenters. The minimum absolute atomic E-state index is 0.243. The molecule has 2 aromatic heterocycles. The van der Waals surface area contributed by atoms with Gasteiger partial charge in [0.1, 0.15) is 5.82 Å². The van der Waals surface area contributed by atoms with Crippen LogP contribution in [0.1, 0.15) is 11.1 Å². The number of para-hydroxylation sites is 1. The van der Waals surface area contributed by atoms with Crippen LogP contribution < -0.4 is 20.5 Å². The third-order valence-electron chi connectivity index (χ3n) is 5.88. The van der Waals surface area contributed by atoms with Gasteiger partial charge in [0, 0.05) is 41.8 Å². The first-order valence-electron chi connectivity index (χ1n) is 10.3. The van der Waals surface area contributed by atoms with Gasteiger partial charge in [0.05, 0.1) is 19.9 Å². The molecule has 4 aromatic rings. The Hall–Kier alpha value is -3.74. The van der Waals surface area contributed by atoms with Crippen LogP contribution >= 0.6 is 0 Å². The standard InChI is InChI=1S/C24H24N4O3/c1-30-21-11-15-8-10-28-20(18(15)12-22(21)31-2)13-23(27-24(28)29)25-9-7-16-14-26-19-6-4-3-5-17(16)19/h3-6,11-14,26H,7-10H2,1-2H3,(H,25,27,29). The Morgan fingerprint density at radius 2 is 1.94 bits per heavy atom. The fourth-order valence-electron chi connectivity index (χ4n) is 4.30. The molecule has 0 aliphatic carbocycles. The molecule has 0 atom stereocenters. The number of ether oxygens (including phenoxy) is 2. The molecule has 5 rings (SSSR count). The van der Waals surface area contributed by atoms with Gasteiger partial charge in [-0.15, -0.1) is 0 Å². The first kappa shape index (κ1) is 19.2. The van der Waals surface area contributed by atoms with Crippen molar-refractivity contribution in [3.63, 3.8) is 0 Å². The number of nitrogens with zero attached hydrogens (tertiary/aromatic N) is 2. The number of aromatic amines is 1. The van der Waals surface area contributed by atoms with Gasteiger partial charge in [0.25, 0.3) is 0 Å². The van der Waals surface area contributed by atoms with Crippen LogP contribution in [-0.4, -0.2) is 35.3 Å². The molecule has 1 aliphatic rings. The Morgan fingerprint density at radius 1 is 1.13 bits per heavy atom. The number of anilines is 1. The molecule has 3 heterocycles. The predicted molar refractivity (Wildman–Crippen MR) is 121 cm³/mol. The zero-order valence-corrected chi connectivity index (χ0v) is 17.6. The van der Waals surface area contributed by atoms with Crippen LogP contribution in [-0.2, 0) is 19.4 Å². The molecule has 0 amide bonds. The van der Waals surface area contributed by atoms with Gasteiger partial charge in [0.15, 0.2) is 11.5 Å². The first-order chi connectivity index (χ1) is 15.2. The van der Waals surface area contributed by atoms with E-state index in [4.69, 9.17) is 9.47 Å². The Bertz CT molecular complexity index is 1320. The van der Waals surface area contributed by atoms with Crippen molar-refractivity contribution in [1.82, 2.24) is 14.5 Å². The van der Waals surface area contributed by atoms with E-state index in [1.807, 2.05) is 36.5 Å². The number of rotatable bonds is 6. The molecule has 158 valence electrons. The SMILES string of the molecule is COc1cc2c(cc1OC)-c1cc(NCCc3c[nH]c4ccccc34)nc(=O)n1CC2. The molecule has 0 fully saturated rings. The van der Waals surface area contributed by atoms with E-state index in [1.54, 1.807) is 18.8 Å². The van der Waals surface area contributed by atoms with Crippen molar-refractivity contribution in [3.8, 4) is 22.8 Å². The second-order valence-corrected chi connectivity index (χ2v) is 7.61. The highest BCUT2D eigenvalue weighted by Gasteiger charge is 2.21. The normalized spacial score (nSPS) is 12.3. The molecular formula is C24H24N4O3. The summed E-state index contributed by atoms with van der Waals surface area (Å²) in [5, 5.41) is 4.55. The third kappa shape index (κ3) is 3.42. The average molecular weight is 416 g/mol. The maximum atomic E-state index is 12.7. The first-order valence-corrected chi connectivity index (χ1v) is 10.3. The number of benzene rings is 2. The molecule has 0 saturated heterocycles. The van der Waals surface area contributed by atoms with E-state index in [9.17, 15) is 4.79 Å². The maximum Gasteiger partial charge on any atom is 0.349 e. The van der Waals surface area contributed by atoms with E-state index < -0.39 is 0 Å². The van der Waals surface area contributed by atoms with Gasteiger partial charge in [-0.25, -0.2) is 4.79 Å². The summed E-state index contributed by atoms with van der Waals surface area (Å²) in [4.78, 5) is 20.2. The van der Waals surface area contributed by atoms with Crippen molar-refractivity contribution in [3.05, 3.63) is 70.3 Å². The topological polar surface area (TPSA) is 81.2 Å². The molecule has 2 N–H and O–H groups in total. The minimum atomic E-state index is -0.243. The molecule has 0 saturated carbocycles. The lowest BCUT2D eigenvalue weighted by molar-refractivity contribution is 0.354. The summed E-state index contributed by atoms with van der Waals surface area (Å²) in [5.74, 6) is 1.93. The van der Waals surface area contributed by atoms with Gasteiger partial charge < -0.3 is 19.8 Å². The Balaban J connectivity index is 1.42. The fraction of sp³-hybridized carbons (Fsp3) is 0.250. The highest BCUT2D eigenvalue weighted by Crippen LogP contribution is 2.38. The summed E-state index contributed by atoms with van der Waals surface area (Å²) in [6, 6.07) is 14.1. The maximum absolute atomic E-state index is 12.7. The Labute approximate surface area is 179 Å². The van der Waals surface area contributed by atoms with E-state index in [-0.39, 0.29) is 5.69 Å². The van der Waals surface area contributed by atoms with Crippen molar-refractivity contribution >= 4 is 16.7 Å². The second-order valence-electron chi connectivity index (χ2n) is 7.61. The number of aryl methyl sites for hydroxylation is 1. The molecule has 31 heavy (non-hydrogen) atoms. The quantitative estimate of drug-likeness (QED) is 0.502. The van der Waals surface area contributed by atoms with Gasteiger partial charge in [-0.05, 0) is 42.2 Å². The molecule has 0 spiro atoms. The molecule has 0 radical (unpaired) electrons. The van der Waals surface area contributed by atoms with Crippen LogP contribution in [0.2, 0.25) is 0 Å². The minimum Gasteiger partial charge on any atom is -0.493 e. The van der Waals surface area contributed by atoms with Crippen LogP contribution in [0.25, 0.3) is 22.2 Å². The highest BCUT2D eigenvalue weighted by atomic mass is 16.5. The summed E-state index contributed by atoms with van der Waals surface area (Å²) in [6.45, 7) is 1.27. The number of hydrogen-bond acceptors (Lipinski definition) is 5. The summed E-state index contributed by atoms with van der Waals surface area (Å²) in [5.41, 5.74) is 5.07. The molecule has 0 bridgehead atoms. The molecule has 1 aliphatic heterocycles. The largest absolute Gasteiger partial charge is 0.493 e. The summed E-state index contributed by atoms with van der Waals surface area (Å²) < 4.78 is 12.6. The lowest BCUT2D eigenvalue weighted by atomic mass is 9.97. The van der Waals surface area contributed by atoms with Gasteiger partial charge in [-0.2, -0.15) is 4.98 Å². The number of H-pyrrole nitrogens is 1. The van der Waals surface area contributed by atoms with Crippen LogP contribution in [0.3, 0.4) is 0 Å². The van der Waals surface area contributed by atoms with Gasteiger partial charge in [0.2, 0.25) is 0 Å². The molecule has 7 heteroatoms. The van der Waals surface area contributed by atoms with Crippen molar-refractivity contribution < 1.29 is 9.47 Å². The van der Waals surface area contributed by atoms with Gasteiger partial charge in [-0.3, -0.25) is 4.57 Å². The van der Waals surface area contributed by atoms with E-state index in [1.165, 1.54) is 10.9 Å². The van der Waals surface area contributed by atoms with Crippen molar-refractivity contribution in [2.75, 3.05) is 26.1 Å². The number of methoxy groups -OCH3 is 2. The van der Waals surface area contributed by atoms with E-state index >= 15 is 0 Å². The summed E-state index contributed by atoms with van der Waals surface area (Å²) in [7, 11) is 3.25. The van der Waals surface area contributed by atoms with Crippen LogP contribution in [0.4, 0.5) is 5.82 Å². The van der Waals surface area contributed by atoms with E-state index in [0.717, 1.165) is 35.2 Å². The third-order valence-corrected chi connectivity index (χ3v) is 5.88. The zero-order chi connectivity index (χ0) is 21.4. The number of hydrogen-bond donors (Lipinski definition) is 2. The number of aromatic nitrogens is 3. The summed E-state index contributed by atoms with van der Waals surface area (Å²) in [6.07, 6.45) is 3.61. The highest BCUT2D eigenvalue weighted by molar-refractivity contribution is 5.83. The lowest BCUT2D eigenvalue weighted by Gasteiger charge is -2.23. The van der Waals surface area contributed by atoms with Gasteiger partial charge >= 0.3 is 5.69 Å². The Morgan fingerprint density at radius 3 is 2.77 bits per heavy atom. The van der Waals surface area contributed by atoms with E-state index in [0.29, 0.717) is 30.4 Å². The van der Waals surface area contributed by atoms with Crippen molar-refractivity contribution in [2.45, 2.75) is 19.4 Å². The molecule has 2 aromatic carbocycles. The zero-order valence-electron chi connectivity index (χ0n) is 17.6. The Kier molecular flexibility index (Phi) is 4.86. The monoisotopic (exact) mass is 416 g/mol. The van der Waals surface area contributed by atoms with Crippen LogP contribution in [0, 0.1) is 0 Å². The molecular weight excluding hydrogens is 392 g/mol. The second kappa shape index (κ2) is 7.83. The van der Waals surface area contributed by atoms with Crippen LogP contribution in [0.5, 0.6) is 11.5 Å². The van der Waals surface area contributed by atoms with Crippen LogP contribution in [0.15, 0.2) is 53.5 Å². The van der Waals surface area contributed by atoms with E-state index in [2.05, 4.69) is 27.4 Å². The lowest BCUT2D eigenvalue weighted by Crippen LogP contribution is -2.29. The predicted octanol–water partition coefficient (Wildman–Crippen LogP) is 3.62. The average Bonchev–Trinajstić information content (AvgIpc) is 3.21. The van der Waals surface area contributed by atoms with Gasteiger partial charge in [-0.1, -0.05) is 18.2 Å². The number of fused-ring (bicyclic) bond motifs is 4. The number of nitrogens with one attached hydrogen (secondary N) is 2.